The second-order valence-electron chi connectivity index (χ2n) is 3.68. The third kappa shape index (κ3) is 3.06. The summed E-state index contributed by atoms with van der Waals surface area (Å²) < 4.78 is 31.4. The van der Waals surface area contributed by atoms with Crippen molar-refractivity contribution in [3.63, 3.8) is 0 Å². The zero-order chi connectivity index (χ0) is 13.9. The van der Waals surface area contributed by atoms with E-state index in [4.69, 9.17) is 4.52 Å². The molecule has 0 atom stereocenters. The zero-order valence-electron chi connectivity index (χ0n) is 10.4. The van der Waals surface area contributed by atoms with Gasteiger partial charge in [0.05, 0.1) is 12.2 Å². The number of pyridine rings is 1. The summed E-state index contributed by atoms with van der Waals surface area (Å²) in [5.41, 5.74) is 0.465. The number of aromatic nitrogens is 3. The molecule has 2 N–H and O–H groups in total. The number of sulfonamides is 1. The summed E-state index contributed by atoms with van der Waals surface area (Å²) in [7, 11) is -2.05. The Hall–Kier alpha value is -2.00. The second kappa shape index (κ2) is 5.33. The average Bonchev–Trinajstić information content (AvgIpc) is 2.82. The van der Waals surface area contributed by atoms with E-state index in [-0.39, 0.29) is 17.3 Å². The van der Waals surface area contributed by atoms with Gasteiger partial charge in [0.2, 0.25) is 15.9 Å². The monoisotopic (exact) mass is 283 g/mol. The number of aryl methyl sites for hydroxylation is 1. The van der Waals surface area contributed by atoms with Gasteiger partial charge in [0.25, 0.3) is 0 Å². The normalized spacial score (nSPS) is 11.5. The van der Waals surface area contributed by atoms with Crippen molar-refractivity contribution in [3.05, 3.63) is 30.2 Å². The third-order valence-electron chi connectivity index (χ3n) is 2.33. The number of anilines is 1. The maximum absolute atomic E-state index is 12.1. The van der Waals surface area contributed by atoms with Gasteiger partial charge in [-0.1, -0.05) is 5.16 Å². The van der Waals surface area contributed by atoms with Crippen LogP contribution in [0.5, 0.6) is 0 Å². The number of rotatable bonds is 5. The lowest BCUT2D eigenvalue weighted by Crippen LogP contribution is -2.24. The van der Waals surface area contributed by atoms with E-state index in [0.29, 0.717) is 11.6 Å². The Morgan fingerprint density at radius 1 is 1.42 bits per heavy atom. The Labute approximate surface area is 110 Å². The molecule has 9 heteroatoms. The second-order valence-corrected chi connectivity index (χ2v) is 5.41. The van der Waals surface area contributed by atoms with Gasteiger partial charge < -0.3 is 9.84 Å². The van der Waals surface area contributed by atoms with E-state index >= 15 is 0 Å². The molecule has 2 heterocycles. The Morgan fingerprint density at radius 3 is 2.84 bits per heavy atom. The largest absolute Gasteiger partial charge is 0.387 e. The highest BCUT2D eigenvalue weighted by Crippen LogP contribution is 2.18. The molecule has 2 rings (SSSR count). The number of nitrogens with zero attached hydrogens (tertiary/aromatic N) is 3. The van der Waals surface area contributed by atoms with Gasteiger partial charge in [0.15, 0.2) is 5.82 Å². The van der Waals surface area contributed by atoms with Crippen LogP contribution in [0.1, 0.15) is 11.7 Å². The van der Waals surface area contributed by atoms with Crippen LogP contribution in [0.3, 0.4) is 0 Å². The molecule has 0 aliphatic rings. The van der Waals surface area contributed by atoms with Crippen LogP contribution in [-0.4, -0.2) is 30.6 Å². The number of hydrogen-bond acceptors (Lipinski definition) is 7. The molecule has 0 radical (unpaired) electrons. The molecule has 0 spiro atoms. The minimum atomic E-state index is -3.69. The van der Waals surface area contributed by atoms with Gasteiger partial charge in [-0.05, 0) is 6.07 Å². The molecule has 0 aromatic carbocycles. The first-order valence-electron chi connectivity index (χ1n) is 5.43. The number of hydrogen-bond donors (Lipinski definition) is 2. The van der Waals surface area contributed by atoms with Crippen LogP contribution in [0.4, 0.5) is 5.69 Å². The molecule has 8 nitrogen and oxygen atoms in total. The molecule has 2 aromatic heterocycles. The molecule has 0 aliphatic carbocycles. The Balaban J connectivity index is 2.18. The topological polar surface area (TPSA) is 110 Å². The fourth-order valence-corrected chi connectivity index (χ4v) is 2.58. The van der Waals surface area contributed by atoms with Crippen LogP contribution in [-0.2, 0) is 16.6 Å². The molecule has 0 saturated carbocycles. The van der Waals surface area contributed by atoms with E-state index in [1.54, 1.807) is 20.0 Å². The van der Waals surface area contributed by atoms with Gasteiger partial charge in [-0.25, -0.2) is 13.1 Å². The van der Waals surface area contributed by atoms with Crippen LogP contribution in [0.2, 0.25) is 0 Å². The van der Waals surface area contributed by atoms with Gasteiger partial charge in [-0.3, -0.25) is 4.98 Å². The first-order chi connectivity index (χ1) is 9.03. The Bertz CT molecular complexity index is 667. The molecule has 19 heavy (non-hydrogen) atoms. The molecule has 0 bridgehead atoms. The van der Waals surface area contributed by atoms with Crippen LogP contribution in [0.25, 0.3) is 0 Å². The van der Waals surface area contributed by atoms with Crippen molar-refractivity contribution in [1.82, 2.24) is 19.8 Å². The van der Waals surface area contributed by atoms with Crippen molar-refractivity contribution < 1.29 is 12.9 Å². The standard InChI is InChI=1S/C10H13N5O3S/c1-7-14-10(15-18-7)6-13-19(16,17)9-5-12-4-3-8(9)11-2/h3-5,13H,6H2,1-2H3,(H,11,12). The van der Waals surface area contributed by atoms with E-state index in [2.05, 4.69) is 25.2 Å². The van der Waals surface area contributed by atoms with Crippen LogP contribution < -0.4 is 10.0 Å². The van der Waals surface area contributed by atoms with Crippen molar-refractivity contribution in [2.24, 2.45) is 0 Å². The van der Waals surface area contributed by atoms with Crippen molar-refractivity contribution >= 4 is 15.7 Å². The van der Waals surface area contributed by atoms with E-state index in [1.807, 2.05) is 0 Å². The maximum Gasteiger partial charge on any atom is 0.244 e. The summed E-state index contributed by atoms with van der Waals surface area (Å²) >= 11 is 0. The van der Waals surface area contributed by atoms with E-state index in [9.17, 15) is 8.42 Å². The summed E-state index contributed by atoms with van der Waals surface area (Å²) in [5, 5.41) is 6.41. The highest BCUT2D eigenvalue weighted by Gasteiger charge is 2.19. The minimum absolute atomic E-state index is 0.0439. The maximum atomic E-state index is 12.1. The summed E-state index contributed by atoms with van der Waals surface area (Å²) in [6.07, 6.45) is 2.78. The molecular formula is C10H13N5O3S. The predicted molar refractivity (Wildman–Crippen MR) is 66.8 cm³/mol. The molecule has 0 amide bonds. The fourth-order valence-electron chi connectivity index (χ4n) is 1.45. The van der Waals surface area contributed by atoms with Crippen LogP contribution in [0.15, 0.2) is 27.9 Å². The van der Waals surface area contributed by atoms with Crippen molar-refractivity contribution in [2.75, 3.05) is 12.4 Å². The van der Waals surface area contributed by atoms with Crippen molar-refractivity contribution in [2.45, 2.75) is 18.4 Å². The quantitative estimate of drug-likeness (QED) is 0.811. The molecule has 0 saturated heterocycles. The smallest absolute Gasteiger partial charge is 0.244 e. The lowest BCUT2D eigenvalue weighted by atomic mass is 10.4. The van der Waals surface area contributed by atoms with Crippen molar-refractivity contribution in [3.8, 4) is 0 Å². The Morgan fingerprint density at radius 2 is 2.21 bits per heavy atom. The highest BCUT2D eigenvalue weighted by molar-refractivity contribution is 7.89. The molecule has 2 aromatic rings. The third-order valence-corrected chi connectivity index (χ3v) is 3.76. The summed E-state index contributed by atoms with van der Waals surface area (Å²) in [6, 6.07) is 1.58. The lowest BCUT2D eigenvalue weighted by molar-refractivity contribution is 0.387. The Kier molecular flexibility index (Phi) is 3.76. The summed E-state index contributed by atoms with van der Waals surface area (Å²) in [5.74, 6) is 0.655. The molecule has 102 valence electrons. The molecule has 0 aliphatic heterocycles. The minimum Gasteiger partial charge on any atom is -0.387 e. The lowest BCUT2D eigenvalue weighted by Gasteiger charge is -2.09. The van der Waals surface area contributed by atoms with E-state index < -0.39 is 10.0 Å². The van der Waals surface area contributed by atoms with Gasteiger partial charge >= 0.3 is 0 Å². The van der Waals surface area contributed by atoms with Gasteiger partial charge in [0.1, 0.15) is 4.90 Å². The fraction of sp³-hybridized carbons (Fsp3) is 0.300. The molecular weight excluding hydrogens is 270 g/mol. The zero-order valence-corrected chi connectivity index (χ0v) is 11.2. The molecule has 0 fully saturated rings. The van der Waals surface area contributed by atoms with Crippen molar-refractivity contribution in [1.29, 1.82) is 0 Å². The predicted octanol–water partition coefficient (Wildman–Crippen LogP) is 0.293. The number of nitrogens with one attached hydrogen (secondary N) is 2. The molecule has 0 unspecified atom stereocenters. The van der Waals surface area contributed by atoms with Gasteiger partial charge in [-0.15, -0.1) is 0 Å². The van der Waals surface area contributed by atoms with E-state index in [1.165, 1.54) is 12.4 Å². The van der Waals surface area contributed by atoms with Gasteiger partial charge in [0, 0.05) is 26.4 Å². The van der Waals surface area contributed by atoms with Crippen LogP contribution >= 0.6 is 0 Å². The average molecular weight is 283 g/mol. The summed E-state index contributed by atoms with van der Waals surface area (Å²) in [4.78, 5) is 7.79. The highest BCUT2D eigenvalue weighted by atomic mass is 32.2. The van der Waals surface area contributed by atoms with E-state index in [0.717, 1.165) is 0 Å². The van der Waals surface area contributed by atoms with Crippen LogP contribution in [0, 0.1) is 6.92 Å². The summed E-state index contributed by atoms with van der Waals surface area (Å²) in [6.45, 7) is 1.59. The first-order valence-corrected chi connectivity index (χ1v) is 6.92. The first kappa shape index (κ1) is 13.4. The van der Waals surface area contributed by atoms with Gasteiger partial charge in [-0.2, -0.15) is 4.98 Å². The SMILES string of the molecule is CNc1ccncc1S(=O)(=O)NCc1noc(C)n1.